The van der Waals surface area contributed by atoms with E-state index < -0.39 is 10.0 Å². The van der Waals surface area contributed by atoms with Crippen molar-refractivity contribution >= 4 is 44.4 Å². The summed E-state index contributed by atoms with van der Waals surface area (Å²) in [7, 11) is -3.69. The fourth-order valence-corrected chi connectivity index (χ4v) is 5.99. The second-order valence-corrected chi connectivity index (χ2v) is 10.5. The molecular formula is C22H26N4O4S2. The lowest BCUT2D eigenvalue weighted by molar-refractivity contribution is -0.113. The minimum absolute atomic E-state index is 0.0827. The van der Waals surface area contributed by atoms with Gasteiger partial charge in [0.05, 0.1) is 23.4 Å². The van der Waals surface area contributed by atoms with Crippen molar-refractivity contribution in [2.24, 2.45) is 0 Å². The Labute approximate surface area is 191 Å². The molecule has 0 aliphatic carbocycles. The van der Waals surface area contributed by atoms with Gasteiger partial charge in [-0.25, -0.2) is 13.4 Å². The van der Waals surface area contributed by atoms with Crippen LogP contribution in [0.2, 0.25) is 0 Å². The van der Waals surface area contributed by atoms with Gasteiger partial charge in [0.1, 0.15) is 10.6 Å². The Kier molecular flexibility index (Phi) is 6.73. The van der Waals surface area contributed by atoms with Gasteiger partial charge in [0.2, 0.25) is 15.9 Å². The van der Waals surface area contributed by atoms with E-state index in [1.807, 2.05) is 25.1 Å². The van der Waals surface area contributed by atoms with E-state index in [2.05, 4.69) is 15.3 Å². The highest BCUT2D eigenvalue weighted by Crippen LogP contribution is 2.32. The number of fused-ring (bicyclic) bond motifs is 1. The van der Waals surface area contributed by atoms with Gasteiger partial charge in [-0.3, -0.25) is 4.79 Å². The number of anilines is 1. The molecule has 0 spiro atoms. The maximum atomic E-state index is 13.1. The van der Waals surface area contributed by atoms with Crippen LogP contribution in [0.5, 0.6) is 5.75 Å². The van der Waals surface area contributed by atoms with Gasteiger partial charge in [-0.05, 0) is 62.6 Å². The molecule has 170 valence electrons. The number of hydrogen-bond acceptors (Lipinski definition) is 6. The summed E-state index contributed by atoms with van der Waals surface area (Å²) in [4.78, 5) is 20.3. The summed E-state index contributed by atoms with van der Waals surface area (Å²) in [6.07, 6.45) is 1.69. The standard InChI is InChI=1S/C22H26N4O4S2/c1-3-30-19-9-7-16(13-20(19)32(28,29)26-10-4-5-11-26)23-21(27)14-31-22-24-17-8-6-15(2)12-18(17)25-22/h6-9,12-13H,3-5,10-11,14H2,1-2H3,(H,23,27)(H,24,25). The van der Waals surface area contributed by atoms with Crippen molar-refractivity contribution in [3.63, 3.8) is 0 Å². The molecule has 0 bridgehead atoms. The molecule has 2 N–H and O–H groups in total. The summed E-state index contributed by atoms with van der Waals surface area (Å²) in [6, 6.07) is 10.7. The number of aryl methyl sites for hydroxylation is 1. The summed E-state index contributed by atoms with van der Waals surface area (Å²) < 4.78 is 33.2. The van der Waals surface area contributed by atoms with E-state index in [-0.39, 0.29) is 16.6 Å². The molecule has 2 aromatic carbocycles. The zero-order chi connectivity index (χ0) is 22.7. The Morgan fingerprint density at radius 1 is 1.22 bits per heavy atom. The van der Waals surface area contributed by atoms with Gasteiger partial charge in [-0.2, -0.15) is 4.31 Å². The number of sulfonamides is 1. The minimum atomic E-state index is -3.69. The first-order chi connectivity index (χ1) is 15.4. The average molecular weight is 475 g/mol. The second-order valence-electron chi connectivity index (χ2n) is 7.61. The molecule has 1 fully saturated rings. The third kappa shape index (κ3) is 4.92. The van der Waals surface area contributed by atoms with E-state index in [1.54, 1.807) is 19.1 Å². The van der Waals surface area contributed by atoms with Crippen LogP contribution >= 0.6 is 11.8 Å². The van der Waals surface area contributed by atoms with E-state index in [4.69, 9.17) is 4.74 Å². The summed E-state index contributed by atoms with van der Waals surface area (Å²) in [5.41, 5.74) is 3.32. The first-order valence-electron chi connectivity index (χ1n) is 10.5. The smallest absolute Gasteiger partial charge is 0.246 e. The van der Waals surface area contributed by atoms with Crippen molar-refractivity contribution in [3.8, 4) is 5.75 Å². The number of hydrogen-bond donors (Lipinski definition) is 2. The molecule has 1 amide bonds. The van der Waals surface area contributed by atoms with Gasteiger partial charge in [-0.15, -0.1) is 0 Å². The number of H-pyrrole nitrogens is 1. The maximum Gasteiger partial charge on any atom is 0.246 e. The van der Waals surface area contributed by atoms with E-state index in [0.717, 1.165) is 29.4 Å². The molecule has 1 aliphatic heterocycles. The van der Waals surface area contributed by atoms with Crippen LogP contribution in [0.3, 0.4) is 0 Å². The predicted molar refractivity (Wildman–Crippen MR) is 126 cm³/mol. The summed E-state index contributed by atoms with van der Waals surface area (Å²) >= 11 is 1.29. The number of aromatic nitrogens is 2. The van der Waals surface area contributed by atoms with Gasteiger partial charge in [0, 0.05) is 18.8 Å². The van der Waals surface area contributed by atoms with Crippen molar-refractivity contribution in [2.45, 2.75) is 36.7 Å². The van der Waals surface area contributed by atoms with Crippen LogP contribution in [-0.4, -0.2) is 54.0 Å². The van der Waals surface area contributed by atoms with Gasteiger partial charge in [0.15, 0.2) is 5.16 Å². The van der Waals surface area contributed by atoms with Crippen LogP contribution in [-0.2, 0) is 14.8 Å². The number of rotatable bonds is 8. The van der Waals surface area contributed by atoms with Crippen molar-refractivity contribution < 1.29 is 17.9 Å². The molecule has 0 radical (unpaired) electrons. The Bertz CT molecular complexity index is 1230. The minimum Gasteiger partial charge on any atom is -0.492 e. The Morgan fingerprint density at radius 3 is 2.75 bits per heavy atom. The van der Waals surface area contributed by atoms with Crippen LogP contribution < -0.4 is 10.1 Å². The third-order valence-electron chi connectivity index (χ3n) is 5.17. The first kappa shape index (κ1) is 22.6. The number of carbonyl (C=O) groups excluding carboxylic acids is 1. The molecule has 8 nitrogen and oxygen atoms in total. The van der Waals surface area contributed by atoms with Crippen molar-refractivity contribution in [2.75, 3.05) is 30.8 Å². The molecule has 10 heteroatoms. The Hall–Kier alpha value is -2.56. The molecular weight excluding hydrogens is 448 g/mol. The lowest BCUT2D eigenvalue weighted by Crippen LogP contribution is -2.28. The van der Waals surface area contributed by atoms with E-state index in [0.29, 0.717) is 36.3 Å². The van der Waals surface area contributed by atoms with Crippen LogP contribution in [0.15, 0.2) is 46.5 Å². The fourth-order valence-electron chi connectivity index (χ4n) is 3.63. The molecule has 1 aromatic heterocycles. The van der Waals surface area contributed by atoms with E-state index >= 15 is 0 Å². The summed E-state index contributed by atoms with van der Waals surface area (Å²) in [5, 5.41) is 3.44. The molecule has 3 aromatic rings. The molecule has 0 atom stereocenters. The third-order valence-corrected chi connectivity index (χ3v) is 7.96. The first-order valence-corrected chi connectivity index (χ1v) is 13.0. The van der Waals surface area contributed by atoms with Crippen LogP contribution in [0, 0.1) is 6.92 Å². The molecule has 0 saturated carbocycles. The monoisotopic (exact) mass is 474 g/mol. The molecule has 32 heavy (non-hydrogen) atoms. The molecule has 4 rings (SSSR count). The van der Waals surface area contributed by atoms with E-state index in [1.165, 1.54) is 22.1 Å². The van der Waals surface area contributed by atoms with Gasteiger partial charge >= 0.3 is 0 Å². The number of nitrogens with one attached hydrogen (secondary N) is 2. The topological polar surface area (TPSA) is 104 Å². The highest BCUT2D eigenvalue weighted by Gasteiger charge is 2.30. The van der Waals surface area contributed by atoms with Crippen LogP contribution in [0.25, 0.3) is 11.0 Å². The quantitative estimate of drug-likeness (QED) is 0.482. The number of carbonyl (C=O) groups is 1. The number of aromatic amines is 1. The molecule has 1 aliphatic rings. The zero-order valence-corrected chi connectivity index (χ0v) is 19.7. The number of imidazole rings is 1. The number of thioether (sulfide) groups is 1. The molecule has 2 heterocycles. The Balaban J connectivity index is 1.47. The van der Waals surface area contributed by atoms with Crippen LogP contribution in [0.1, 0.15) is 25.3 Å². The van der Waals surface area contributed by atoms with Crippen LogP contribution in [0.4, 0.5) is 5.69 Å². The normalized spacial score (nSPS) is 14.7. The number of nitrogens with zero attached hydrogens (tertiary/aromatic N) is 2. The van der Waals surface area contributed by atoms with E-state index in [9.17, 15) is 13.2 Å². The number of ether oxygens (including phenoxy) is 1. The lowest BCUT2D eigenvalue weighted by Gasteiger charge is -2.19. The Morgan fingerprint density at radius 2 is 2.00 bits per heavy atom. The van der Waals surface area contributed by atoms with Crippen molar-refractivity contribution in [3.05, 3.63) is 42.0 Å². The lowest BCUT2D eigenvalue weighted by atomic mass is 10.2. The summed E-state index contributed by atoms with van der Waals surface area (Å²) in [5.74, 6) is 0.185. The highest BCUT2D eigenvalue weighted by molar-refractivity contribution is 7.99. The van der Waals surface area contributed by atoms with Gasteiger partial charge in [-0.1, -0.05) is 17.8 Å². The SMILES string of the molecule is CCOc1ccc(NC(=O)CSc2nc3ccc(C)cc3[nH]2)cc1S(=O)(=O)N1CCCC1. The van der Waals surface area contributed by atoms with Gasteiger partial charge < -0.3 is 15.0 Å². The van der Waals surface area contributed by atoms with Crippen molar-refractivity contribution in [1.29, 1.82) is 0 Å². The number of amides is 1. The second kappa shape index (κ2) is 9.51. The fraction of sp³-hybridized carbons (Fsp3) is 0.364. The van der Waals surface area contributed by atoms with Gasteiger partial charge in [0.25, 0.3) is 0 Å². The summed E-state index contributed by atoms with van der Waals surface area (Å²) in [6.45, 7) is 5.16. The highest BCUT2D eigenvalue weighted by atomic mass is 32.2. The molecule has 0 unspecified atom stereocenters. The predicted octanol–water partition coefficient (Wildman–Crippen LogP) is 3.79. The number of benzene rings is 2. The van der Waals surface area contributed by atoms with Crippen molar-refractivity contribution in [1.82, 2.24) is 14.3 Å². The average Bonchev–Trinajstić information content (AvgIpc) is 3.43. The molecule has 1 saturated heterocycles. The largest absolute Gasteiger partial charge is 0.492 e. The maximum absolute atomic E-state index is 13.1. The zero-order valence-electron chi connectivity index (χ0n) is 18.1.